The summed E-state index contributed by atoms with van der Waals surface area (Å²) in [6.45, 7) is 3.25. The lowest BCUT2D eigenvalue weighted by Gasteiger charge is -2.07. The van der Waals surface area contributed by atoms with E-state index in [0.717, 1.165) is 5.56 Å². The SMILES string of the molecule is CC(=O)c1ccc(OS(=O)(=O)c2cccc(C)c2)cc1. The maximum absolute atomic E-state index is 12.1. The summed E-state index contributed by atoms with van der Waals surface area (Å²) in [6.07, 6.45) is 0. The zero-order valence-corrected chi connectivity index (χ0v) is 12.0. The van der Waals surface area contributed by atoms with Crippen LogP contribution in [0.15, 0.2) is 53.4 Å². The zero-order valence-electron chi connectivity index (χ0n) is 11.2. The van der Waals surface area contributed by atoms with Crippen molar-refractivity contribution in [3.63, 3.8) is 0 Å². The molecule has 0 spiro atoms. The van der Waals surface area contributed by atoms with Crippen molar-refractivity contribution in [2.75, 3.05) is 0 Å². The molecular formula is C15H14O4S. The van der Waals surface area contributed by atoms with Crippen LogP contribution in [-0.2, 0) is 10.1 Å². The molecule has 4 nitrogen and oxygen atoms in total. The van der Waals surface area contributed by atoms with Crippen molar-refractivity contribution >= 4 is 15.9 Å². The van der Waals surface area contributed by atoms with Gasteiger partial charge in [0.15, 0.2) is 5.78 Å². The van der Waals surface area contributed by atoms with Gasteiger partial charge >= 0.3 is 10.1 Å². The lowest BCUT2D eigenvalue weighted by Crippen LogP contribution is -2.10. The summed E-state index contributed by atoms with van der Waals surface area (Å²) in [6, 6.07) is 12.5. The van der Waals surface area contributed by atoms with Gasteiger partial charge in [0.05, 0.1) is 0 Å². The van der Waals surface area contributed by atoms with E-state index in [1.807, 2.05) is 0 Å². The minimum atomic E-state index is -3.85. The number of aryl methyl sites for hydroxylation is 1. The van der Waals surface area contributed by atoms with Crippen LogP contribution >= 0.6 is 0 Å². The number of carbonyl (C=O) groups is 1. The highest BCUT2D eigenvalue weighted by Crippen LogP contribution is 2.20. The average Bonchev–Trinajstić information content (AvgIpc) is 2.39. The second-order valence-corrected chi connectivity index (χ2v) is 5.98. The van der Waals surface area contributed by atoms with Crippen molar-refractivity contribution in [3.8, 4) is 5.75 Å². The van der Waals surface area contributed by atoms with E-state index in [1.165, 1.54) is 37.3 Å². The molecule has 5 heteroatoms. The molecule has 2 rings (SSSR count). The molecule has 0 N–H and O–H groups in total. The van der Waals surface area contributed by atoms with Crippen molar-refractivity contribution in [2.24, 2.45) is 0 Å². The van der Waals surface area contributed by atoms with Gasteiger partial charge in [-0.15, -0.1) is 0 Å². The molecule has 20 heavy (non-hydrogen) atoms. The van der Waals surface area contributed by atoms with Gasteiger partial charge in [0.1, 0.15) is 10.6 Å². The molecule has 0 atom stereocenters. The largest absolute Gasteiger partial charge is 0.379 e. The Morgan fingerprint density at radius 1 is 1.05 bits per heavy atom. The van der Waals surface area contributed by atoms with E-state index in [9.17, 15) is 13.2 Å². The normalized spacial score (nSPS) is 11.1. The molecule has 0 aromatic heterocycles. The lowest BCUT2D eigenvalue weighted by atomic mass is 10.1. The van der Waals surface area contributed by atoms with Crippen LogP contribution in [0.1, 0.15) is 22.8 Å². The van der Waals surface area contributed by atoms with Crippen molar-refractivity contribution in [3.05, 3.63) is 59.7 Å². The molecule has 0 saturated heterocycles. The van der Waals surface area contributed by atoms with Gasteiger partial charge in [-0.25, -0.2) is 0 Å². The lowest BCUT2D eigenvalue weighted by molar-refractivity contribution is 0.101. The average molecular weight is 290 g/mol. The van der Waals surface area contributed by atoms with E-state index in [1.54, 1.807) is 25.1 Å². The van der Waals surface area contributed by atoms with Crippen LogP contribution in [0.3, 0.4) is 0 Å². The Morgan fingerprint density at radius 3 is 2.25 bits per heavy atom. The molecule has 0 aliphatic carbocycles. The van der Waals surface area contributed by atoms with Crippen LogP contribution in [0.2, 0.25) is 0 Å². The first kappa shape index (κ1) is 14.3. The molecule has 0 aliphatic rings. The minimum absolute atomic E-state index is 0.0851. The monoisotopic (exact) mass is 290 g/mol. The molecule has 0 radical (unpaired) electrons. The van der Waals surface area contributed by atoms with E-state index in [4.69, 9.17) is 4.18 Å². The first-order valence-corrected chi connectivity index (χ1v) is 7.41. The van der Waals surface area contributed by atoms with Gasteiger partial charge in [0.2, 0.25) is 0 Å². The standard InChI is InChI=1S/C15H14O4S/c1-11-4-3-5-15(10-11)20(17,18)19-14-8-6-13(7-9-14)12(2)16/h3-10H,1-2H3. The van der Waals surface area contributed by atoms with Crippen LogP contribution in [-0.4, -0.2) is 14.2 Å². The Morgan fingerprint density at radius 2 is 1.70 bits per heavy atom. The fourth-order valence-corrected chi connectivity index (χ4v) is 2.73. The number of benzene rings is 2. The molecule has 0 saturated carbocycles. The molecule has 104 valence electrons. The van der Waals surface area contributed by atoms with Gasteiger partial charge in [-0.3, -0.25) is 4.79 Å². The third kappa shape index (κ3) is 3.24. The number of hydrogen-bond donors (Lipinski definition) is 0. The third-order valence-corrected chi connectivity index (χ3v) is 3.99. The summed E-state index contributed by atoms with van der Waals surface area (Å²) in [5, 5.41) is 0. The summed E-state index contributed by atoms with van der Waals surface area (Å²) < 4.78 is 29.2. The second-order valence-electron chi connectivity index (χ2n) is 4.43. The summed E-state index contributed by atoms with van der Waals surface area (Å²) in [7, 11) is -3.85. The number of hydrogen-bond acceptors (Lipinski definition) is 4. The quantitative estimate of drug-likeness (QED) is 0.641. The topological polar surface area (TPSA) is 60.4 Å². The Balaban J connectivity index is 2.26. The van der Waals surface area contributed by atoms with E-state index in [-0.39, 0.29) is 16.4 Å². The molecular weight excluding hydrogens is 276 g/mol. The zero-order chi connectivity index (χ0) is 14.8. The van der Waals surface area contributed by atoms with E-state index < -0.39 is 10.1 Å². The second kappa shape index (κ2) is 5.46. The Kier molecular flexibility index (Phi) is 3.90. The van der Waals surface area contributed by atoms with Crippen LogP contribution in [0.4, 0.5) is 0 Å². The molecule has 2 aromatic rings. The molecule has 0 amide bonds. The number of ketones is 1. The predicted molar refractivity (Wildman–Crippen MR) is 75.4 cm³/mol. The van der Waals surface area contributed by atoms with Crippen molar-refractivity contribution < 1.29 is 17.4 Å². The molecule has 0 fully saturated rings. The maximum Gasteiger partial charge on any atom is 0.339 e. The molecule has 0 aliphatic heterocycles. The first-order chi connectivity index (χ1) is 9.38. The predicted octanol–water partition coefficient (Wildman–Crippen LogP) is 2.97. The summed E-state index contributed by atoms with van der Waals surface area (Å²) in [5.41, 5.74) is 1.34. The van der Waals surface area contributed by atoms with Gasteiger partial charge in [0.25, 0.3) is 0 Å². The summed E-state index contributed by atoms with van der Waals surface area (Å²) >= 11 is 0. The highest BCUT2D eigenvalue weighted by Gasteiger charge is 2.16. The highest BCUT2D eigenvalue weighted by atomic mass is 32.2. The molecule has 0 bridgehead atoms. The summed E-state index contributed by atoms with van der Waals surface area (Å²) in [5.74, 6) is 0.0922. The molecule has 0 heterocycles. The first-order valence-electron chi connectivity index (χ1n) is 6.01. The third-order valence-electron chi connectivity index (χ3n) is 2.74. The summed E-state index contributed by atoms with van der Waals surface area (Å²) in [4.78, 5) is 11.2. The van der Waals surface area contributed by atoms with E-state index in [0.29, 0.717) is 5.56 Å². The van der Waals surface area contributed by atoms with Crippen LogP contribution in [0, 0.1) is 6.92 Å². The van der Waals surface area contributed by atoms with E-state index in [2.05, 4.69) is 0 Å². The van der Waals surface area contributed by atoms with Crippen LogP contribution < -0.4 is 4.18 Å². The molecule has 2 aromatic carbocycles. The maximum atomic E-state index is 12.1. The number of carbonyl (C=O) groups excluding carboxylic acids is 1. The van der Waals surface area contributed by atoms with Crippen molar-refractivity contribution in [1.82, 2.24) is 0 Å². The van der Waals surface area contributed by atoms with Gasteiger partial charge in [0, 0.05) is 5.56 Å². The van der Waals surface area contributed by atoms with Gasteiger partial charge in [-0.1, -0.05) is 12.1 Å². The van der Waals surface area contributed by atoms with Gasteiger partial charge in [-0.2, -0.15) is 8.42 Å². The van der Waals surface area contributed by atoms with Gasteiger partial charge < -0.3 is 4.18 Å². The Labute approximate surface area is 118 Å². The molecule has 0 unspecified atom stereocenters. The Bertz CT molecular complexity index is 731. The number of rotatable bonds is 4. The minimum Gasteiger partial charge on any atom is -0.379 e. The van der Waals surface area contributed by atoms with Gasteiger partial charge in [-0.05, 0) is 55.8 Å². The highest BCUT2D eigenvalue weighted by molar-refractivity contribution is 7.87. The van der Waals surface area contributed by atoms with E-state index >= 15 is 0 Å². The van der Waals surface area contributed by atoms with Crippen molar-refractivity contribution in [2.45, 2.75) is 18.7 Å². The van der Waals surface area contributed by atoms with Crippen LogP contribution in [0.25, 0.3) is 0 Å². The van der Waals surface area contributed by atoms with Crippen molar-refractivity contribution in [1.29, 1.82) is 0 Å². The number of Topliss-reactive ketones (excluding diaryl/α,β-unsaturated/α-hetero) is 1. The smallest absolute Gasteiger partial charge is 0.339 e. The fourth-order valence-electron chi connectivity index (χ4n) is 1.69. The van der Waals surface area contributed by atoms with Crippen LogP contribution in [0.5, 0.6) is 5.75 Å². The fraction of sp³-hybridized carbons (Fsp3) is 0.133. The Hall–Kier alpha value is -2.14.